The van der Waals surface area contributed by atoms with Crippen LogP contribution in [0.5, 0.6) is 0 Å². The SMILES string of the molecule is C[C@@H](Sc1nnc(C2CC2)o1)C(=O)Nc1cc(Cl)ccc1Cl. The van der Waals surface area contributed by atoms with Gasteiger partial charge in [0.1, 0.15) is 0 Å². The first kappa shape index (κ1) is 15.6. The predicted molar refractivity (Wildman–Crippen MR) is 86.7 cm³/mol. The maximum absolute atomic E-state index is 12.2. The second kappa shape index (κ2) is 6.48. The van der Waals surface area contributed by atoms with Crippen LogP contribution in [-0.4, -0.2) is 21.4 Å². The Kier molecular flexibility index (Phi) is 4.61. The van der Waals surface area contributed by atoms with Gasteiger partial charge in [0.2, 0.25) is 11.8 Å². The molecule has 1 saturated carbocycles. The molecule has 0 unspecified atom stereocenters. The Morgan fingerprint density at radius 1 is 1.41 bits per heavy atom. The van der Waals surface area contributed by atoms with Gasteiger partial charge in [0.15, 0.2) is 0 Å². The number of anilines is 1. The van der Waals surface area contributed by atoms with Crippen LogP contribution in [0, 0.1) is 0 Å². The van der Waals surface area contributed by atoms with E-state index in [1.54, 1.807) is 25.1 Å². The molecule has 8 heteroatoms. The van der Waals surface area contributed by atoms with E-state index in [1.165, 1.54) is 11.8 Å². The van der Waals surface area contributed by atoms with E-state index in [9.17, 15) is 4.79 Å². The fourth-order valence-electron chi connectivity index (χ4n) is 1.80. The molecule has 1 aromatic heterocycles. The lowest BCUT2D eigenvalue weighted by atomic mass is 10.3. The van der Waals surface area contributed by atoms with Crippen LogP contribution in [0.1, 0.15) is 31.6 Å². The molecule has 0 aliphatic heterocycles. The average molecular weight is 358 g/mol. The van der Waals surface area contributed by atoms with Crippen molar-refractivity contribution < 1.29 is 9.21 Å². The third-order valence-corrected chi connectivity index (χ3v) is 4.68. The van der Waals surface area contributed by atoms with Crippen LogP contribution in [0.15, 0.2) is 27.8 Å². The lowest BCUT2D eigenvalue weighted by molar-refractivity contribution is -0.115. The largest absolute Gasteiger partial charge is 0.416 e. The third kappa shape index (κ3) is 3.74. The summed E-state index contributed by atoms with van der Waals surface area (Å²) in [5.41, 5.74) is 0.482. The summed E-state index contributed by atoms with van der Waals surface area (Å²) in [4.78, 5) is 12.2. The standard InChI is InChI=1S/C14H13Cl2N3O2S/c1-7(22-14-19-18-13(21-14)8-2-3-8)12(20)17-11-6-9(15)4-5-10(11)16/h4-8H,2-3H2,1H3,(H,17,20)/t7-/m1/s1. The van der Waals surface area contributed by atoms with Crippen molar-refractivity contribution in [1.29, 1.82) is 0 Å². The molecule has 116 valence electrons. The van der Waals surface area contributed by atoms with Gasteiger partial charge in [0.05, 0.1) is 16.0 Å². The van der Waals surface area contributed by atoms with Crippen LogP contribution in [0.25, 0.3) is 0 Å². The molecule has 1 amide bonds. The molecule has 1 fully saturated rings. The second-order valence-corrected chi connectivity index (χ2v) is 7.19. The number of thioether (sulfide) groups is 1. The summed E-state index contributed by atoms with van der Waals surface area (Å²) in [5.74, 6) is 0.851. The summed E-state index contributed by atoms with van der Waals surface area (Å²) in [7, 11) is 0. The zero-order valence-electron chi connectivity index (χ0n) is 11.7. The van der Waals surface area contributed by atoms with E-state index in [0.29, 0.717) is 32.8 Å². The number of nitrogens with zero attached hydrogens (tertiary/aromatic N) is 2. The Morgan fingerprint density at radius 3 is 2.91 bits per heavy atom. The van der Waals surface area contributed by atoms with Crippen LogP contribution in [0.4, 0.5) is 5.69 Å². The van der Waals surface area contributed by atoms with Gasteiger partial charge in [-0.25, -0.2) is 0 Å². The van der Waals surface area contributed by atoms with Gasteiger partial charge in [-0.1, -0.05) is 35.0 Å². The Morgan fingerprint density at radius 2 is 2.18 bits per heavy atom. The Hall–Kier alpha value is -1.24. The third-order valence-electron chi connectivity index (χ3n) is 3.18. The quantitative estimate of drug-likeness (QED) is 0.804. The molecular weight excluding hydrogens is 345 g/mol. The molecule has 22 heavy (non-hydrogen) atoms. The number of carbonyl (C=O) groups is 1. The molecule has 1 aliphatic carbocycles. The van der Waals surface area contributed by atoms with E-state index in [1.807, 2.05) is 0 Å². The summed E-state index contributed by atoms with van der Waals surface area (Å²) < 4.78 is 5.54. The molecule has 0 radical (unpaired) electrons. The average Bonchev–Trinajstić information content (AvgIpc) is 3.23. The Bertz CT molecular complexity index is 703. The fraction of sp³-hybridized carbons (Fsp3) is 0.357. The first-order chi connectivity index (χ1) is 10.5. The molecule has 2 aromatic rings. The number of benzene rings is 1. The number of nitrogens with one attached hydrogen (secondary N) is 1. The summed E-state index contributed by atoms with van der Waals surface area (Å²) in [6.07, 6.45) is 2.19. The lowest BCUT2D eigenvalue weighted by Gasteiger charge is -2.11. The van der Waals surface area contributed by atoms with Crippen molar-refractivity contribution in [2.75, 3.05) is 5.32 Å². The molecule has 0 bridgehead atoms. The molecule has 1 aliphatic rings. The minimum absolute atomic E-state index is 0.208. The minimum Gasteiger partial charge on any atom is -0.416 e. The first-order valence-electron chi connectivity index (χ1n) is 6.79. The summed E-state index contributed by atoms with van der Waals surface area (Å²) in [6, 6.07) is 4.91. The van der Waals surface area contributed by atoms with Crippen molar-refractivity contribution in [3.05, 3.63) is 34.1 Å². The number of amides is 1. The molecule has 3 rings (SSSR count). The highest BCUT2D eigenvalue weighted by atomic mass is 35.5. The van der Waals surface area contributed by atoms with Gasteiger partial charge in [-0.15, -0.1) is 10.2 Å². The predicted octanol–water partition coefficient (Wildman–Crippen LogP) is 4.37. The lowest BCUT2D eigenvalue weighted by Crippen LogP contribution is -2.22. The number of hydrogen-bond acceptors (Lipinski definition) is 5. The number of hydrogen-bond donors (Lipinski definition) is 1. The summed E-state index contributed by atoms with van der Waals surface area (Å²) in [6.45, 7) is 1.76. The number of halogens is 2. The summed E-state index contributed by atoms with van der Waals surface area (Å²) >= 11 is 13.1. The highest BCUT2D eigenvalue weighted by molar-refractivity contribution is 8.00. The van der Waals surface area contributed by atoms with Crippen molar-refractivity contribution in [2.45, 2.75) is 36.2 Å². The smallest absolute Gasteiger partial charge is 0.277 e. The van der Waals surface area contributed by atoms with Crippen LogP contribution in [-0.2, 0) is 4.79 Å². The Labute approximate surface area is 141 Å². The van der Waals surface area contributed by atoms with E-state index in [4.69, 9.17) is 27.6 Å². The highest BCUT2D eigenvalue weighted by Gasteiger charge is 2.30. The normalized spacial score (nSPS) is 15.6. The fourth-order valence-corrected chi connectivity index (χ4v) is 2.82. The van der Waals surface area contributed by atoms with Crippen LogP contribution in [0.2, 0.25) is 10.0 Å². The molecule has 5 nitrogen and oxygen atoms in total. The summed E-state index contributed by atoms with van der Waals surface area (Å²) in [5, 5.41) is 11.6. The van der Waals surface area contributed by atoms with E-state index in [-0.39, 0.29) is 5.91 Å². The minimum atomic E-state index is -0.400. The van der Waals surface area contributed by atoms with Gasteiger partial charge in [0.25, 0.3) is 5.22 Å². The van der Waals surface area contributed by atoms with Gasteiger partial charge >= 0.3 is 0 Å². The van der Waals surface area contributed by atoms with Crippen molar-refractivity contribution in [1.82, 2.24) is 10.2 Å². The molecule has 0 spiro atoms. The van der Waals surface area contributed by atoms with Crippen molar-refractivity contribution in [3.8, 4) is 0 Å². The van der Waals surface area contributed by atoms with E-state index in [2.05, 4.69) is 15.5 Å². The van der Waals surface area contributed by atoms with Crippen LogP contribution >= 0.6 is 35.0 Å². The van der Waals surface area contributed by atoms with Gasteiger partial charge < -0.3 is 9.73 Å². The van der Waals surface area contributed by atoms with Gasteiger partial charge in [-0.3, -0.25) is 4.79 Å². The van der Waals surface area contributed by atoms with Crippen LogP contribution < -0.4 is 5.32 Å². The van der Waals surface area contributed by atoms with Crippen molar-refractivity contribution >= 4 is 46.6 Å². The topological polar surface area (TPSA) is 68.0 Å². The molecular formula is C14H13Cl2N3O2S. The Balaban J connectivity index is 1.62. The number of rotatable bonds is 5. The first-order valence-corrected chi connectivity index (χ1v) is 8.42. The van der Waals surface area contributed by atoms with Gasteiger partial charge in [-0.2, -0.15) is 0 Å². The van der Waals surface area contributed by atoms with Crippen LogP contribution in [0.3, 0.4) is 0 Å². The zero-order chi connectivity index (χ0) is 15.7. The highest BCUT2D eigenvalue weighted by Crippen LogP contribution is 2.40. The number of aromatic nitrogens is 2. The monoisotopic (exact) mass is 357 g/mol. The maximum Gasteiger partial charge on any atom is 0.277 e. The number of carbonyl (C=O) groups excluding carboxylic acids is 1. The second-order valence-electron chi connectivity index (χ2n) is 5.05. The molecule has 1 atom stereocenters. The van der Waals surface area contributed by atoms with E-state index in [0.717, 1.165) is 12.8 Å². The molecule has 1 aromatic carbocycles. The van der Waals surface area contributed by atoms with Crippen molar-refractivity contribution in [2.24, 2.45) is 0 Å². The maximum atomic E-state index is 12.2. The van der Waals surface area contributed by atoms with Gasteiger partial charge in [-0.05, 0) is 38.0 Å². The van der Waals surface area contributed by atoms with Gasteiger partial charge in [0, 0.05) is 10.9 Å². The van der Waals surface area contributed by atoms with Crippen molar-refractivity contribution in [3.63, 3.8) is 0 Å². The van der Waals surface area contributed by atoms with E-state index >= 15 is 0 Å². The molecule has 0 saturated heterocycles. The van der Waals surface area contributed by atoms with E-state index < -0.39 is 5.25 Å². The molecule has 1 N–H and O–H groups in total. The molecule has 1 heterocycles. The zero-order valence-corrected chi connectivity index (χ0v) is 14.0.